The highest BCUT2D eigenvalue weighted by molar-refractivity contribution is 5.79. The van der Waals surface area contributed by atoms with Crippen molar-refractivity contribution in [3.8, 4) is 5.75 Å². The second-order valence-electron chi connectivity index (χ2n) is 8.36. The molecule has 1 saturated carbocycles. The molecule has 29 heavy (non-hydrogen) atoms. The van der Waals surface area contributed by atoms with Crippen LogP contribution < -0.4 is 10.1 Å². The van der Waals surface area contributed by atoms with Crippen molar-refractivity contribution in [1.82, 2.24) is 10.2 Å². The summed E-state index contributed by atoms with van der Waals surface area (Å²) in [5.74, 6) is 1.45. The third-order valence-electron chi connectivity index (χ3n) is 5.73. The van der Waals surface area contributed by atoms with Crippen molar-refractivity contribution in [3.05, 3.63) is 64.7 Å². The Kier molecular flexibility index (Phi) is 6.16. The first-order valence-electron chi connectivity index (χ1n) is 10.6. The van der Waals surface area contributed by atoms with Crippen LogP contribution in [0.4, 0.5) is 0 Å². The molecule has 2 N–H and O–H groups in total. The summed E-state index contributed by atoms with van der Waals surface area (Å²) in [6.45, 7) is 5.70. The average molecular weight is 395 g/mol. The van der Waals surface area contributed by atoms with Crippen LogP contribution in [0.15, 0.2) is 42.5 Å². The highest BCUT2D eigenvalue weighted by Crippen LogP contribution is 2.30. The van der Waals surface area contributed by atoms with E-state index in [0.29, 0.717) is 6.54 Å². The number of aliphatic hydroxyl groups is 1. The zero-order chi connectivity index (χ0) is 20.2. The van der Waals surface area contributed by atoms with E-state index in [-0.39, 0.29) is 5.91 Å². The Morgan fingerprint density at radius 1 is 1.17 bits per heavy atom. The summed E-state index contributed by atoms with van der Waals surface area (Å²) >= 11 is 0. The largest absolute Gasteiger partial charge is 0.493 e. The molecule has 154 valence electrons. The lowest BCUT2D eigenvalue weighted by Gasteiger charge is -2.29. The van der Waals surface area contributed by atoms with E-state index in [1.807, 2.05) is 12.1 Å². The molecule has 0 spiro atoms. The lowest BCUT2D eigenvalue weighted by atomic mass is 9.99. The minimum absolute atomic E-state index is 0.345. The van der Waals surface area contributed by atoms with E-state index in [9.17, 15) is 9.90 Å². The standard InChI is InChI=1S/C24H30N2O3/c1-17(27)24(28)25-13-18-2-4-19(5-3-18)14-26-11-10-21-12-23(9-8-22(21)15-26)29-16-20-6-7-20/h2-5,8-9,12,17,20,27H,6-7,10-11,13-16H2,1H3,(H,25,28). The van der Waals surface area contributed by atoms with E-state index in [1.54, 1.807) is 0 Å². The minimum Gasteiger partial charge on any atom is -0.493 e. The molecule has 4 rings (SSSR count). The summed E-state index contributed by atoms with van der Waals surface area (Å²) < 4.78 is 5.92. The smallest absolute Gasteiger partial charge is 0.248 e. The monoisotopic (exact) mass is 394 g/mol. The first kappa shape index (κ1) is 19.9. The Morgan fingerprint density at radius 3 is 2.66 bits per heavy atom. The highest BCUT2D eigenvalue weighted by atomic mass is 16.5. The third-order valence-corrected chi connectivity index (χ3v) is 5.73. The molecule has 5 nitrogen and oxygen atoms in total. The maximum atomic E-state index is 11.5. The fourth-order valence-electron chi connectivity index (χ4n) is 3.67. The van der Waals surface area contributed by atoms with Gasteiger partial charge in [0, 0.05) is 26.2 Å². The molecule has 0 bridgehead atoms. The lowest BCUT2D eigenvalue weighted by Crippen LogP contribution is -2.32. The molecule has 1 fully saturated rings. The first-order valence-corrected chi connectivity index (χ1v) is 10.6. The first-order chi connectivity index (χ1) is 14.1. The van der Waals surface area contributed by atoms with E-state index in [2.05, 4.69) is 40.5 Å². The van der Waals surface area contributed by atoms with Crippen LogP contribution >= 0.6 is 0 Å². The van der Waals surface area contributed by atoms with Crippen molar-refractivity contribution in [3.63, 3.8) is 0 Å². The Morgan fingerprint density at radius 2 is 1.93 bits per heavy atom. The normalized spacial score (nSPS) is 17.4. The maximum absolute atomic E-state index is 11.5. The zero-order valence-electron chi connectivity index (χ0n) is 17.1. The van der Waals surface area contributed by atoms with Crippen LogP contribution in [0.25, 0.3) is 0 Å². The molecule has 1 heterocycles. The Labute approximate surface area is 172 Å². The quantitative estimate of drug-likeness (QED) is 0.723. The van der Waals surface area contributed by atoms with E-state index < -0.39 is 6.10 Å². The van der Waals surface area contributed by atoms with Crippen LogP contribution in [-0.4, -0.2) is 35.2 Å². The predicted octanol–water partition coefficient (Wildman–Crippen LogP) is 3.03. The Hall–Kier alpha value is -2.37. The molecule has 0 radical (unpaired) electrons. The topological polar surface area (TPSA) is 61.8 Å². The minimum atomic E-state index is -0.975. The molecule has 0 saturated heterocycles. The molecule has 2 aromatic rings. The summed E-state index contributed by atoms with van der Waals surface area (Å²) in [6, 6.07) is 14.9. The number of carbonyl (C=O) groups excluding carboxylic acids is 1. The van der Waals surface area contributed by atoms with Crippen LogP contribution in [0.5, 0.6) is 5.75 Å². The van der Waals surface area contributed by atoms with Crippen LogP contribution in [0, 0.1) is 5.92 Å². The molecule has 5 heteroatoms. The van der Waals surface area contributed by atoms with Crippen molar-refractivity contribution in [2.45, 2.75) is 51.9 Å². The number of rotatable bonds is 8. The van der Waals surface area contributed by atoms with Gasteiger partial charge in [-0.15, -0.1) is 0 Å². The number of aliphatic hydroxyl groups excluding tert-OH is 1. The SMILES string of the molecule is CC(O)C(=O)NCc1ccc(CN2CCc3cc(OCC4CC4)ccc3C2)cc1. The number of amides is 1. The van der Waals surface area contributed by atoms with Gasteiger partial charge in [-0.25, -0.2) is 0 Å². The number of hydrogen-bond acceptors (Lipinski definition) is 4. The van der Waals surface area contributed by atoms with Crippen molar-refractivity contribution >= 4 is 5.91 Å². The van der Waals surface area contributed by atoms with E-state index in [4.69, 9.17) is 4.74 Å². The number of benzene rings is 2. The number of nitrogens with zero attached hydrogens (tertiary/aromatic N) is 1. The number of ether oxygens (including phenoxy) is 1. The van der Waals surface area contributed by atoms with E-state index in [0.717, 1.165) is 49.9 Å². The predicted molar refractivity (Wildman–Crippen MR) is 112 cm³/mol. The van der Waals surface area contributed by atoms with Crippen LogP contribution in [-0.2, 0) is 30.8 Å². The fourth-order valence-corrected chi connectivity index (χ4v) is 3.67. The highest BCUT2D eigenvalue weighted by Gasteiger charge is 2.22. The lowest BCUT2D eigenvalue weighted by molar-refractivity contribution is -0.128. The molecule has 1 unspecified atom stereocenters. The van der Waals surface area contributed by atoms with Gasteiger partial charge >= 0.3 is 0 Å². The summed E-state index contributed by atoms with van der Waals surface area (Å²) in [4.78, 5) is 13.9. The van der Waals surface area contributed by atoms with Crippen molar-refractivity contribution in [2.75, 3.05) is 13.2 Å². The summed E-state index contributed by atoms with van der Waals surface area (Å²) in [6.07, 6.45) is 2.71. The van der Waals surface area contributed by atoms with Crippen molar-refractivity contribution < 1.29 is 14.6 Å². The summed E-state index contributed by atoms with van der Waals surface area (Å²) in [7, 11) is 0. The second-order valence-corrected chi connectivity index (χ2v) is 8.36. The van der Waals surface area contributed by atoms with Gasteiger partial charge in [0.2, 0.25) is 5.91 Å². The number of fused-ring (bicyclic) bond motifs is 1. The van der Waals surface area contributed by atoms with Gasteiger partial charge in [-0.2, -0.15) is 0 Å². The van der Waals surface area contributed by atoms with Gasteiger partial charge in [0.25, 0.3) is 0 Å². The second kappa shape index (κ2) is 8.97. The molecule has 0 aromatic heterocycles. The van der Waals surface area contributed by atoms with Gasteiger partial charge in [-0.3, -0.25) is 9.69 Å². The van der Waals surface area contributed by atoms with Crippen LogP contribution in [0.1, 0.15) is 42.0 Å². The molecule has 1 amide bonds. The van der Waals surface area contributed by atoms with Crippen LogP contribution in [0.3, 0.4) is 0 Å². The molecule has 1 aliphatic heterocycles. The maximum Gasteiger partial charge on any atom is 0.248 e. The van der Waals surface area contributed by atoms with Crippen LogP contribution in [0.2, 0.25) is 0 Å². The summed E-state index contributed by atoms with van der Waals surface area (Å²) in [5, 5.41) is 12.0. The van der Waals surface area contributed by atoms with E-state index in [1.165, 1.54) is 36.5 Å². The van der Waals surface area contributed by atoms with Gasteiger partial charge in [0.1, 0.15) is 11.9 Å². The molecule has 2 aromatic carbocycles. The molecule has 1 atom stereocenters. The Balaban J connectivity index is 1.28. The summed E-state index contributed by atoms with van der Waals surface area (Å²) in [5.41, 5.74) is 5.11. The molecule has 1 aliphatic carbocycles. The molecule has 2 aliphatic rings. The number of hydrogen-bond donors (Lipinski definition) is 2. The van der Waals surface area contributed by atoms with Gasteiger partial charge < -0.3 is 15.2 Å². The zero-order valence-corrected chi connectivity index (χ0v) is 17.1. The van der Waals surface area contributed by atoms with Gasteiger partial charge in [-0.1, -0.05) is 30.3 Å². The molecular weight excluding hydrogens is 364 g/mol. The Bertz CT molecular complexity index is 844. The van der Waals surface area contributed by atoms with Gasteiger partial charge in [-0.05, 0) is 66.5 Å². The fraction of sp³-hybridized carbons (Fsp3) is 0.458. The third kappa shape index (κ3) is 5.58. The van der Waals surface area contributed by atoms with Crippen molar-refractivity contribution in [2.24, 2.45) is 5.92 Å². The average Bonchev–Trinajstić information content (AvgIpc) is 3.56. The number of nitrogens with one attached hydrogen (secondary N) is 1. The van der Waals surface area contributed by atoms with Gasteiger partial charge in [0.15, 0.2) is 0 Å². The van der Waals surface area contributed by atoms with Gasteiger partial charge in [0.05, 0.1) is 6.61 Å². The number of carbonyl (C=O) groups is 1. The van der Waals surface area contributed by atoms with E-state index >= 15 is 0 Å². The molecular formula is C24H30N2O3. The van der Waals surface area contributed by atoms with Crippen molar-refractivity contribution in [1.29, 1.82) is 0 Å².